The van der Waals surface area contributed by atoms with Crippen LogP contribution in [0.15, 0.2) is 122 Å². The number of nitrogens with one attached hydrogen (secondary N) is 3. The molecule has 9 aromatic rings. The average Bonchev–Trinajstić information content (AvgIpc) is 1.52. The van der Waals surface area contributed by atoms with Crippen molar-refractivity contribution in [2.75, 3.05) is 106 Å². The van der Waals surface area contributed by atoms with Crippen LogP contribution in [-0.4, -0.2) is 165 Å². The number of methoxy groups -OCH3 is 2. The molecule has 107 heavy (non-hydrogen) atoms. The average molecular weight is 1620 g/mol. The van der Waals surface area contributed by atoms with E-state index in [9.17, 15) is 19.2 Å². The summed E-state index contributed by atoms with van der Waals surface area (Å²) < 4.78 is 11.4. The molecule has 4 aliphatic heterocycles. The van der Waals surface area contributed by atoms with Crippen LogP contribution in [0.1, 0.15) is 115 Å². The van der Waals surface area contributed by atoms with Crippen molar-refractivity contribution < 1.29 is 28.7 Å². The lowest BCUT2D eigenvalue weighted by atomic mass is 10.2. The van der Waals surface area contributed by atoms with Crippen molar-refractivity contribution in [2.45, 2.75) is 122 Å². The number of rotatable bonds is 8. The predicted octanol–water partition coefficient (Wildman–Crippen LogP) is 11.9. The van der Waals surface area contributed by atoms with Gasteiger partial charge < -0.3 is 45.0 Å². The zero-order chi connectivity index (χ0) is 74.9. The molecule has 28 heteroatoms. The summed E-state index contributed by atoms with van der Waals surface area (Å²) in [4.78, 5) is 104. The van der Waals surface area contributed by atoms with Crippen molar-refractivity contribution in [1.82, 2.24) is 70.8 Å². The third-order valence-electron chi connectivity index (χ3n) is 18.8. The number of carbonyl (C=O) groups is 4. The molecule has 3 amide bonds. The molecule has 2 aromatic carbocycles. The van der Waals surface area contributed by atoms with Crippen LogP contribution in [0.5, 0.6) is 11.5 Å². The molecule has 560 valence electrons. The zero-order valence-corrected chi connectivity index (χ0v) is 65.1. The molecule has 24 nitrogen and oxygen atoms in total. The number of carbonyl (C=O) groups excluding carboxylic acids is 4. The van der Waals surface area contributed by atoms with Gasteiger partial charge in [0.05, 0.1) is 51.8 Å². The number of halogens is 4. The molecule has 0 atom stereocenters. The van der Waals surface area contributed by atoms with Gasteiger partial charge in [0.2, 0.25) is 28.3 Å². The Balaban J connectivity index is 0.000000133. The van der Waals surface area contributed by atoms with Crippen LogP contribution in [0.4, 0.5) is 23.1 Å². The number of hydrogen-bond donors (Lipinski definition) is 3. The van der Waals surface area contributed by atoms with Crippen LogP contribution in [0.2, 0.25) is 15.7 Å². The van der Waals surface area contributed by atoms with E-state index in [2.05, 4.69) is 83.2 Å². The summed E-state index contributed by atoms with van der Waals surface area (Å²) in [6.07, 6.45) is 23.2. The van der Waals surface area contributed by atoms with Gasteiger partial charge in [0.15, 0.2) is 11.6 Å². The Bertz CT molecular complexity index is 4440. The Hall–Kier alpha value is -9.15. The number of ketones is 1. The summed E-state index contributed by atoms with van der Waals surface area (Å²) in [5.41, 5.74) is 12.4. The first-order chi connectivity index (χ1) is 52.2. The number of nitrogens with zero attached hydrogens (tertiary/aromatic N) is 15. The first kappa shape index (κ1) is 78.9. The molecule has 0 saturated carbocycles. The number of amides is 3. The monoisotopic (exact) mass is 1620 g/mol. The maximum absolute atomic E-state index is 13.2. The maximum Gasteiger partial charge on any atom is 0.246 e. The second kappa shape index (κ2) is 40.2. The summed E-state index contributed by atoms with van der Waals surface area (Å²) in [6.45, 7) is 9.22. The highest BCUT2D eigenvalue weighted by molar-refractivity contribution is 14.1. The number of aryl methyl sites for hydroxylation is 5. The van der Waals surface area contributed by atoms with E-state index in [4.69, 9.17) is 64.2 Å². The van der Waals surface area contributed by atoms with Gasteiger partial charge in [-0.15, -0.1) is 0 Å². The SMILES string of the molecule is COc1ccc(I)cc1.COc1ccc(N2CCCN(c3nc(-c4ccccn4)nc4c3CCC4)CC2=O)cc1.Cc1ccccn1.Clc1nc(Cl)c2c(n1)CCC2.O=C1CCCCNC1.O=C1CN(c2nc(-c3ccccn3)nc3c2CCC3)CCCN1.O=C1CN(c2nc(Cl)nc3c2CCC3)CCCN1. The van der Waals surface area contributed by atoms with Crippen LogP contribution in [0.25, 0.3) is 23.0 Å². The second-order valence-electron chi connectivity index (χ2n) is 26.5. The van der Waals surface area contributed by atoms with E-state index in [-0.39, 0.29) is 28.3 Å². The minimum atomic E-state index is 0.0500. The fraction of sp³-hybridized carbons (Fsp3) is 0.405. The van der Waals surface area contributed by atoms with Crippen molar-refractivity contribution >= 4 is 104 Å². The Morgan fingerprint density at radius 2 is 0.897 bits per heavy atom. The number of ether oxygens (including phenoxy) is 2. The smallest absolute Gasteiger partial charge is 0.246 e. The quantitative estimate of drug-likeness (QED) is 0.0724. The summed E-state index contributed by atoms with van der Waals surface area (Å²) in [5, 5.41) is 9.91. The molecule has 0 radical (unpaired) electrons. The molecule has 0 spiro atoms. The van der Waals surface area contributed by atoms with Crippen molar-refractivity contribution in [2.24, 2.45) is 0 Å². The van der Waals surface area contributed by atoms with Crippen molar-refractivity contribution in [3.63, 3.8) is 0 Å². The highest BCUT2D eigenvalue weighted by atomic mass is 127. The van der Waals surface area contributed by atoms with Gasteiger partial charge in [0, 0.05) is 113 Å². The van der Waals surface area contributed by atoms with Gasteiger partial charge in [-0.3, -0.25) is 34.1 Å². The van der Waals surface area contributed by atoms with Crippen LogP contribution in [-0.2, 0) is 70.5 Å². The first-order valence-electron chi connectivity index (χ1n) is 36.7. The largest absolute Gasteiger partial charge is 0.497 e. The van der Waals surface area contributed by atoms with E-state index in [1.807, 2.05) is 120 Å². The summed E-state index contributed by atoms with van der Waals surface area (Å²) in [6, 6.07) is 33.0. The van der Waals surface area contributed by atoms with Gasteiger partial charge >= 0.3 is 0 Å². The number of Topliss-reactive ketones (excluding diaryl/α,β-unsaturated/α-hetero) is 1. The van der Waals surface area contributed by atoms with Gasteiger partial charge in [-0.1, -0.05) is 29.8 Å². The van der Waals surface area contributed by atoms with Crippen molar-refractivity contribution in [3.8, 4) is 34.5 Å². The molecule has 11 heterocycles. The predicted molar refractivity (Wildman–Crippen MR) is 426 cm³/mol. The van der Waals surface area contributed by atoms with E-state index in [1.54, 1.807) is 32.8 Å². The van der Waals surface area contributed by atoms with E-state index < -0.39 is 0 Å². The van der Waals surface area contributed by atoms with Crippen LogP contribution < -0.4 is 45.0 Å². The summed E-state index contributed by atoms with van der Waals surface area (Å²) >= 11 is 19.7. The minimum Gasteiger partial charge on any atom is -0.497 e. The lowest BCUT2D eigenvalue weighted by molar-refractivity contribution is -0.120. The molecule has 3 N–H and O–H groups in total. The van der Waals surface area contributed by atoms with Gasteiger partial charge in [-0.05, 0) is 253 Å². The third-order valence-corrected chi connectivity index (χ3v) is 20.2. The molecule has 17 rings (SSSR count). The van der Waals surface area contributed by atoms with Crippen LogP contribution in [0, 0.1) is 10.5 Å². The Kier molecular flexibility index (Phi) is 29.6. The Morgan fingerprint density at radius 3 is 1.39 bits per heavy atom. The fourth-order valence-electron chi connectivity index (χ4n) is 13.5. The van der Waals surface area contributed by atoms with Gasteiger partial charge in [-0.2, -0.15) is 0 Å². The number of pyridine rings is 3. The molecule has 4 aliphatic carbocycles. The number of anilines is 4. The van der Waals surface area contributed by atoms with Gasteiger partial charge in [0.25, 0.3) is 0 Å². The van der Waals surface area contributed by atoms with E-state index >= 15 is 0 Å². The number of fused-ring (bicyclic) bond motifs is 4. The van der Waals surface area contributed by atoms with Gasteiger partial charge in [-0.25, -0.2) is 39.9 Å². The molecular weight excluding hydrogens is 1530 g/mol. The molecular formula is C79H90Cl3IN18O6. The lowest BCUT2D eigenvalue weighted by Gasteiger charge is -2.24. The second-order valence-corrected chi connectivity index (χ2v) is 28.7. The molecule has 7 aromatic heterocycles. The van der Waals surface area contributed by atoms with E-state index in [0.29, 0.717) is 55.3 Å². The van der Waals surface area contributed by atoms with Gasteiger partial charge in [0.1, 0.15) is 51.3 Å². The van der Waals surface area contributed by atoms with E-state index in [0.717, 1.165) is 235 Å². The van der Waals surface area contributed by atoms with Crippen LogP contribution >= 0.6 is 57.4 Å². The molecule has 8 aliphatic rings. The number of aromatic nitrogens is 11. The Morgan fingerprint density at radius 1 is 0.430 bits per heavy atom. The highest BCUT2D eigenvalue weighted by Crippen LogP contribution is 2.35. The third kappa shape index (κ3) is 22.7. The lowest BCUT2D eigenvalue weighted by Crippen LogP contribution is -2.37. The van der Waals surface area contributed by atoms with E-state index in [1.165, 1.54) is 20.3 Å². The van der Waals surface area contributed by atoms with Crippen molar-refractivity contribution in [3.05, 3.63) is 192 Å². The number of hydrogen-bond acceptors (Lipinski definition) is 21. The Labute approximate surface area is 653 Å². The highest BCUT2D eigenvalue weighted by Gasteiger charge is 2.31. The van der Waals surface area contributed by atoms with Crippen molar-refractivity contribution in [1.29, 1.82) is 0 Å². The molecule has 0 bridgehead atoms. The number of benzene rings is 2. The summed E-state index contributed by atoms with van der Waals surface area (Å²) in [7, 11) is 3.31. The fourth-order valence-corrected chi connectivity index (χ4v) is 14.6. The van der Waals surface area contributed by atoms with Crippen LogP contribution in [0.3, 0.4) is 0 Å². The first-order valence-corrected chi connectivity index (χ1v) is 38.9. The minimum absolute atomic E-state index is 0.0500. The molecule has 0 unspecified atom stereocenters. The summed E-state index contributed by atoms with van der Waals surface area (Å²) in [5.74, 6) is 6.22. The maximum atomic E-state index is 13.2. The molecule has 4 fully saturated rings. The standard InChI is InChI=1S/C24H25N5O2.C17H19N5O.C12H15ClN4O.C7H6Cl2N2.C7H7IO.C6H11NO.C6H7N/c1-31-18-11-9-17(10-12-18)29-15-5-14-28(16-22(29)30)24-19-6-4-8-20(19)26-23(27-24)21-7-2-3-13-25-21;23-15-11-22(10-4-9-19-15)17-12-5-3-7-13(12)20-16(21-17)14-6-1-2-8-18-14;13-12-15-9-4-1-3-8(9)11(16-12)17-6-2-5-14-10(18)7-17;8-6-4-2-1-3-5(4)10-7(9)11-6;1-9-7-4-2-6(8)3-5-7;8-6-3-1-2-4-7-5-6;1-6-4-2-3-5-7-6/h2-3,7,9-13H,4-6,8,14-16H2,1H3;1-2,6,8H,3-5,7,9-11H2,(H,19,23);1-7H2,(H,14,18);1-3H2;2-5H,1H3;7H,1-5H2;2-5H,1H3. The topological polar surface area (TPSA) is 278 Å². The zero-order valence-electron chi connectivity index (χ0n) is 60.7. The normalized spacial score (nSPS) is 16.3. The molecule has 4 saturated heterocycles.